The Labute approximate surface area is 103 Å². The quantitative estimate of drug-likeness (QED) is 0.809. The first-order valence-corrected chi connectivity index (χ1v) is 5.55. The molecule has 1 aromatic heterocycles. The number of hydrogen-bond acceptors (Lipinski definition) is 3. The van der Waals surface area contributed by atoms with Gasteiger partial charge in [-0.2, -0.15) is 0 Å². The second kappa shape index (κ2) is 5.27. The van der Waals surface area contributed by atoms with Crippen LogP contribution in [0.2, 0.25) is 0 Å². The average molecular weight is 244 g/mol. The number of carbonyl (C=O) groups excluding carboxylic acids is 1. The van der Waals surface area contributed by atoms with Crippen LogP contribution in [0, 0.1) is 0 Å². The molecule has 0 bridgehead atoms. The van der Waals surface area contributed by atoms with E-state index >= 15 is 0 Å². The van der Waals surface area contributed by atoms with E-state index in [0.717, 1.165) is 4.57 Å². The third-order valence-corrected chi connectivity index (χ3v) is 2.60. The highest BCUT2D eigenvalue weighted by Gasteiger charge is 2.07. The van der Waals surface area contributed by atoms with Crippen molar-refractivity contribution in [3.8, 4) is 0 Å². The van der Waals surface area contributed by atoms with Gasteiger partial charge in [0.25, 0.3) is 5.56 Å². The summed E-state index contributed by atoms with van der Waals surface area (Å²) < 4.78 is 1.01. The second-order valence-electron chi connectivity index (χ2n) is 3.81. The summed E-state index contributed by atoms with van der Waals surface area (Å²) in [4.78, 5) is 37.0. The van der Waals surface area contributed by atoms with Gasteiger partial charge in [0.1, 0.15) is 0 Å². The minimum atomic E-state index is -0.497. The first kappa shape index (κ1) is 12.0. The number of aromatic amines is 1. The molecule has 0 atom stereocenters. The van der Waals surface area contributed by atoms with Gasteiger partial charge in [0.05, 0.1) is 0 Å². The Hall–Kier alpha value is -2.43. The minimum Gasteiger partial charge on any atom is -0.314 e. The molecule has 5 heteroatoms. The summed E-state index contributed by atoms with van der Waals surface area (Å²) >= 11 is 0. The number of ketones is 1. The van der Waals surface area contributed by atoms with Crippen molar-refractivity contribution in [1.82, 2.24) is 9.55 Å². The summed E-state index contributed by atoms with van der Waals surface area (Å²) in [6, 6.07) is 10.0. The Bertz CT molecular complexity index is 627. The van der Waals surface area contributed by atoms with Crippen molar-refractivity contribution in [2.75, 3.05) is 0 Å². The van der Waals surface area contributed by atoms with Gasteiger partial charge in [-0.25, -0.2) is 4.79 Å². The number of carbonyl (C=O) groups is 1. The second-order valence-corrected chi connectivity index (χ2v) is 3.81. The largest absolute Gasteiger partial charge is 0.328 e. The zero-order valence-electron chi connectivity index (χ0n) is 9.63. The molecule has 0 aliphatic rings. The van der Waals surface area contributed by atoms with Crippen LogP contribution in [0.5, 0.6) is 0 Å². The molecule has 18 heavy (non-hydrogen) atoms. The van der Waals surface area contributed by atoms with Crippen molar-refractivity contribution in [3.63, 3.8) is 0 Å². The molecular weight excluding hydrogens is 232 g/mol. The lowest BCUT2D eigenvalue weighted by molar-refractivity contribution is 0.0976. The van der Waals surface area contributed by atoms with Gasteiger partial charge >= 0.3 is 5.69 Å². The van der Waals surface area contributed by atoms with E-state index in [1.807, 2.05) is 6.07 Å². The average Bonchev–Trinajstić information content (AvgIpc) is 2.39. The van der Waals surface area contributed by atoms with Crippen molar-refractivity contribution in [2.24, 2.45) is 0 Å². The van der Waals surface area contributed by atoms with Crippen molar-refractivity contribution in [2.45, 2.75) is 13.0 Å². The molecule has 2 rings (SSSR count). The van der Waals surface area contributed by atoms with E-state index in [-0.39, 0.29) is 18.7 Å². The third-order valence-electron chi connectivity index (χ3n) is 2.60. The standard InChI is InChI=1S/C13H12N2O3/c16-11(10-4-2-1-3-5-10)7-9-15-12(17)6-8-14-13(15)18/h1-6,8H,7,9H2,(H,14,18). The Morgan fingerprint density at radius 3 is 2.50 bits per heavy atom. The number of rotatable bonds is 4. The Kier molecular flexibility index (Phi) is 3.52. The fourth-order valence-electron chi connectivity index (χ4n) is 1.65. The number of H-pyrrole nitrogens is 1. The molecule has 0 fully saturated rings. The molecule has 0 amide bonds. The first-order chi connectivity index (χ1) is 8.68. The van der Waals surface area contributed by atoms with Crippen LogP contribution < -0.4 is 11.2 Å². The van der Waals surface area contributed by atoms with E-state index in [4.69, 9.17) is 0 Å². The maximum Gasteiger partial charge on any atom is 0.328 e. The number of benzene rings is 1. The summed E-state index contributed by atoms with van der Waals surface area (Å²) in [6.45, 7) is 0.0860. The highest BCUT2D eigenvalue weighted by Crippen LogP contribution is 2.03. The van der Waals surface area contributed by atoms with Crippen molar-refractivity contribution in [3.05, 3.63) is 69.0 Å². The van der Waals surface area contributed by atoms with Gasteiger partial charge < -0.3 is 4.98 Å². The van der Waals surface area contributed by atoms with Crippen LogP contribution in [-0.2, 0) is 6.54 Å². The summed E-state index contributed by atoms with van der Waals surface area (Å²) in [5, 5.41) is 0. The molecule has 1 heterocycles. The molecule has 1 aromatic carbocycles. The van der Waals surface area contributed by atoms with E-state index in [9.17, 15) is 14.4 Å². The predicted molar refractivity (Wildman–Crippen MR) is 66.7 cm³/mol. The van der Waals surface area contributed by atoms with Crippen LogP contribution in [0.25, 0.3) is 0 Å². The molecule has 0 radical (unpaired) electrons. The highest BCUT2D eigenvalue weighted by atomic mass is 16.2. The number of Topliss-reactive ketones (excluding diaryl/α,β-unsaturated/α-hetero) is 1. The molecule has 0 aliphatic carbocycles. The first-order valence-electron chi connectivity index (χ1n) is 5.55. The molecule has 0 saturated heterocycles. The van der Waals surface area contributed by atoms with Gasteiger partial charge in [0, 0.05) is 30.8 Å². The monoisotopic (exact) mass is 244 g/mol. The number of aromatic nitrogens is 2. The maximum atomic E-state index is 11.8. The molecule has 1 N–H and O–H groups in total. The Morgan fingerprint density at radius 1 is 1.11 bits per heavy atom. The van der Waals surface area contributed by atoms with Crippen LogP contribution in [0.15, 0.2) is 52.2 Å². The van der Waals surface area contributed by atoms with Gasteiger partial charge in [-0.3, -0.25) is 14.2 Å². The smallest absolute Gasteiger partial charge is 0.314 e. The summed E-state index contributed by atoms with van der Waals surface area (Å²) in [7, 11) is 0. The molecule has 0 spiro atoms. The predicted octanol–water partition coefficient (Wildman–Crippen LogP) is 0.810. The SMILES string of the molecule is O=C(CCn1c(=O)cc[nH]c1=O)c1ccccc1. The van der Waals surface area contributed by atoms with Crippen LogP contribution in [0.3, 0.4) is 0 Å². The van der Waals surface area contributed by atoms with Crippen molar-refractivity contribution < 1.29 is 4.79 Å². The van der Waals surface area contributed by atoms with Crippen LogP contribution >= 0.6 is 0 Å². The van der Waals surface area contributed by atoms with E-state index in [0.29, 0.717) is 5.56 Å². The summed E-state index contributed by atoms with van der Waals surface area (Å²) in [6.07, 6.45) is 1.41. The third kappa shape index (κ3) is 2.63. The number of nitrogens with zero attached hydrogens (tertiary/aromatic N) is 1. The van der Waals surface area contributed by atoms with E-state index in [1.54, 1.807) is 24.3 Å². The molecule has 0 saturated carbocycles. The molecule has 0 unspecified atom stereocenters. The van der Waals surface area contributed by atoms with E-state index < -0.39 is 11.2 Å². The van der Waals surface area contributed by atoms with Crippen molar-refractivity contribution in [1.29, 1.82) is 0 Å². The minimum absolute atomic E-state index is 0.0860. The van der Waals surface area contributed by atoms with Gasteiger partial charge in [0.2, 0.25) is 0 Å². The molecule has 5 nitrogen and oxygen atoms in total. The fourth-order valence-corrected chi connectivity index (χ4v) is 1.65. The molecule has 0 aliphatic heterocycles. The fraction of sp³-hybridized carbons (Fsp3) is 0.154. The molecular formula is C13H12N2O3. The van der Waals surface area contributed by atoms with E-state index in [1.165, 1.54) is 12.3 Å². The maximum absolute atomic E-state index is 11.8. The van der Waals surface area contributed by atoms with Gasteiger partial charge in [-0.05, 0) is 0 Å². The molecule has 92 valence electrons. The van der Waals surface area contributed by atoms with Gasteiger partial charge in [-0.1, -0.05) is 30.3 Å². The van der Waals surface area contributed by atoms with Crippen LogP contribution in [0.4, 0.5) is 0 Å². The van der Waals surface area contributed by atoms with Gasteiger partial charge in [-0.15, -0.1) is 0 Å². The van der Waals surface area contributed by atoms with Crippen molar-refractivity contribution >= 4 is 5.78 Å². The lowest BCUT2D eigenvalue weighted by atomic mass is 10.1. The van der Waals surface area contributed by atoms with Gasteiger partial charge in [0.15, 0.2) is 5.78 Å². The van der Waals surface area contributed by atoms with E-state index in [2.05, 4.69) is 4.98 Å². The number of nitrogens with one attached hydrogen (secondary N) is 1. The Morgan fingerprint density at radius 2 is 1.83 bits per heavy atom. The summed E-state index contributed by atoms with van der Waals surface area (Å²) in [5.41, 5.74) is -0.319. The zero-order valence-corrected chi connectivity index (χ0v) is 9.63. The normalized spacial score (nSPS) is 10.2. The summed E-state index contributed by atoms with van der Waals surface area (Å²) in [5.74, 6) is -0.0919. The highest BCUT2D eigenvalue weighted by molar-refractivity contribution is 5.95. The van der Waals surface area contributed by atoms with Crippen LogP contribution in [0.1, 0.15) is 16.8 Å². The Balaban J connectivity index is 2.11. The molecule has 2 aromatic rings. The topological polar surface area (TPSA) is 71.9 Å². The van der Waals surface area contributed by atoms with Crippen LogP contribution in [-0.4, -0.2) is 15.3 Å². The number of hydrogen-bond donors (Lipinski definition) is 1. The zero-order chi connectivity index (χ0) is 13.0. The lowest BCUT2D eigenvalue weighted by Crippen LogP contribution is -2.34. The lowest BCUT2D eigenvalue weighted by Gasteiger charge is -2.03.